The van der Waals surface area contributed by atoms with E-state index in [0.29, 0.717) is 50.0 Å². The van der Waals surface area contributed by atoms with Gasteiger partial charge in [-0.05, 0) is 57.0 Å². The van der Waals surface area contributed by atoms with Gasteiger partial charge in [0.05, 0.1) is 24.7 Å². The summed E-state index contributed by atoms with van der Waals surface area (Å²) in [6, 6.07) is 9.55. The number of halogens is 1. The average molecular weight is 430 g/mol. The first-order valence-electron chi connectivity index (χ1n) is 10.6. The predicted octanol–water partition coefficient (Wildman–Crippen LogP) is 3.46. The summed E-state index contributed by atoms with van der Waals surface area (Å²) in [5, 5.41) is 0.682. The molecule has 0 saturated carbocycles. The van der Waals surface area contributed by atoms with Crippen molar-refractivity contribution >= 4 is 23.4 Å². The third-order valence-electron chi connectivity index (χ3n) is 6.13. The molecule has 3 heterocycles. The zero-order valence-corrected chi connectivity index (χ0v) is 18.3. The number of hydrogen-bond donors (Lipinski definition) is 0. The van der Waals surface area contributed by atoms with E-state index >= 15 is 0 Å². The number of piperidine rings is 1. The van der Waals surface area contributed by atoms with Gasteiger partial charge in [-0.25, -0.2) is 0 Å². The van der Waals surface area contributed by atoms with Gasteiger partial charge in [0.2, 0.25) is 5.91 Å². The minimum absolute atomic E-state index is 0.00258. The van der Waals surface area contributed by atoms with E-state index in [0.717, 1.165) is 29.9 Å². The van der Waals surface area contributed by atoms with Gasteiger partial charge in [-0.15, -0.1) is 0 Å². The molecule has 1 atom stereocenters. The lowest BCUT2D eigenvalue weighted by Gasteiger charge is -2.36. The van der Waals surface area contributed by atoms with Crippen molar-refractivity contribution in [2.75, 3.05) is 39.4 Å². The number of ether oxygens (including phenoxy) is 1. The van der Waals surface area contributed by atoms with Crippen LogP contribution < -0.4 is 0 Å². The van der Waals surface area contributed by atoms with Crippen molar-refractivity contribution < 1.29 is 14.3 Å². The Morgan fingerprint density at radius 2 is 1.73 bits per heavy atom. The Bertz CT molecular complexity index is 932. The normalized spacial score (nSPS) is 19.8. The first-order chi connectivity index (χ1) is 14.5. The van der Waals surface area contributed by atoms with Gasteiger partial charge in [0.1, 0.15) is 0 Å². The summed E-state index contributed by atoms with van der Waals surface area (Å²) >= 11 is 6.02. The third-order valence-corrected chi connectivity index (χ3v) is 6.38. The number of hydrogen-bond acceptors (Lipinski definition) is 3. The average Bonchev–Trinajstić information content (AvgIpc) is 3.08. The van der Waals surface area contributed by atoms with Crippen molar-refractivity contribution in [2.24, 2.45) is 5.92 Å². The van der Waals surface area contributed by atoms with E-state index in [-0.39, 0.29) is 17.7 Å². The number of likely N-dealkylation sites (tertiary alicyclic amines) is 1. The minimum atomic E-state index is -0.124. The molecule has 2 saturated heterocycles. The SMILES string of the molecule is Cc1cc(C(=O)N2CCCC(C(=O)N3CCOCC3)C2)c(C)n1-c1ccc(Cl)cc1. The van der Waals surface area contributed by atoms with Crippen molar-refractivity contribution in [3.63, 3.8) is 0 Å². The molecule has 7 heteroatoms. The Balaban J connectivity index is 1.52. The summed E-state index contributed by atoms with van der Waals surface area (Å²) in [6.07, 6.45) is 1.69. The molecule has 30 heavy (non-hydrogen) atoms. The Morgan fingerprint density at radius 3 is 2.43 bits per heavy atom. The molecule has 2 aliphatic heterocycles. The highest BCUT2D eigenvalue weighted by Gasteiger charge is 2.33. The number of rotatable bonds is 3. The van der Waals surface area contributed by atoms with Gasteiger partial charge in [0, 0.05) is 48.3 Å². The van der Waals surface area contributed by atoms with Crippen LogP contribution in [0.4, 0.5) is 0 Å². The highest BCUT2D eigenvalue weighted by Crippen LogP contribution is 2.26. The second-order valence-corrected chi connectivity index (χ2v) is 8.56. The predicted molar refractivity (Wildman–Crippen MR) is 116 cm³/mol. The molecule has 0 radical (unpaired) electrons. The first kappa shape index (κ1) is 20.9. The lowest BCUT2D eigenvalue weighted by molar-refractivity contribution is -0.141. The molecule has 0 N–H and O–H groups in total. The maximum atomic E-state index is 13.4. The molecule has 1 unspecified atom stereocenters. The fourth-order valence-corrected chi connectivity index (χ4v) is 4.67. The van der Waals surface area contributed by atoms with Crippen LogP contribution in [-0.2, 0) is 9.53 Å². The molecular formula is C23H28ClN3O3. The summed E-state index contributed by atoms with van der Waals surface area (Å²) in [6.45, 7) is 7.62. The summed E-state index contributed by atoms with van der Waals surface area (Å²) < 4.78 is 7.43. The standard InChI is InChI=1S/C23H28ClN3O3/c1-16-14-21(17(2)27(16)20-7-5-19(24)6-8-20)23(29)26-9-3-4-18(15-26)22(28)25-10-12-30-13-11-25/h5-8,14,18H,3-4,9-13,15H2,1-2H3. The maximum Gasteiger partial charge on any atom is 0.255 e. The fraction of sp³-hybridized carbons (Fsp3) is 0.478. The van der Waals surface area contributed by atoms with Gasteiger partial charge >= 0.3 is 0 Å². The molecule has 2 aliphatic rings. The number of nitrogens with zero attached hydrogens (tertiary/aromatic N) is 3. The quantitative estimate of drug-likeness (QED) is 0.750. The summed E-state index contributed by atoms with van der Waals surface area (Å²) in [4.78, 5) is 30.0. The van der Waals surface area contributed by atoms with E-state index in [1.807, 2.05) is 54.0 Å². The Kier molecular flexibility index (Phi) is 6.16. The summed E-state index contributed by atoms with van der Waals surface area (Å²) in [5.41, 5.74) is 3.58. The van der Waals surface area contributed by atoms with Crippen LogP contribution in [0.2, 0.25) is 5.02 Å². The van der Waals surface area contributed by atoms with Crippen LogP contribution >= 0.6 is 11.6 Å². The zero-order chi connectivity index (χ0) is 21.3. The highest BCUT2D eigenvalue weighted by atomic mass is 35.5. The number of carbonyl (C=O) groups is 2. The van der Waals surface area contributed by atoms with Gasteiger partial charge < -0.3 is 19.1 Å². The van der Waals surface area contributed by atoms with Gasteiger partial charge in [-0.2, -0.15) is 0 Å². The molecule has 0 aliphatic carbocycles. The van der Waals surface area contributed by atoms with Crippen molar-refractivity contribution in [2.45, 2.75) is 26.7 Å². The van der Waals surface area contributed by atoms with Crippen LogP contribution in [0.3, 0.4) is 0 Å². The highest BCUT2D eigenvalue weighted by molar-refractivity contribution is 6.30. The van der Waals surface area contributed by atoms with Crippen LogP contribution in [0.15, 0.2) is 30.3 Å². The van der Waals surface area contributed by atoms with Gasteiger partial charge in [-0.1, -0.05) is 11.6 Å². The topological polar surface area (TPSA) is 54.8 Å². The van der Waals surface area contributed by atoms with Gasteiger partial charge in [0.15, 0.2) is 0 Å². The number of morpholine rings is 1. The van der Waals surface area contributed by atoms with Crippen molar-refractivity contribution in [3.8, 4) is 5.69 Å². The molecule has 0 spiro atoms. The third kappa shape index (κ3) is 4.12. The molecule has 2 aromatic rings. The molecule has 1 aromatic heterocycles. The molecule has 1 aromatic carbocycles. The first-order valence-corrected chi connectivity index (χ1v) is 10.9. The summed E-state index contributed by atoms with van der Waals surface area (Å²) in [5.74, 6) is 0.0331. The van der Waals surface area contributed by atoms with Crippen molar-refractivity contribution in [3.05, 3.63) is 52.3 Å². The number of carbonyl (C=O) groups excluding carboxylic acids is 2. The molecule has 6 nitrogen and oxygen atoms in total. The van der Waals surface area contributed by atoms with Crippen LogP contribution in [-0.4, -0.2) is 65.6 Å². The van der Waals surface area contributed by atoms with Gasteiger partial charge in [0.25, 0.3) is 5.91 Å². The Hall–Kier alpha value is -2.31. The van der Waals surface area contributed by atoms with Crippen LogP contribution in [0.25, 0.3) is 5.69 Å². The molecule has 0 bridgehead atoms. The largest absolute Gasteiger partial charge is 0.378 e. The van der Waals surface area contributed by atoms with Crippen LogP contribution in [0.5, 0.6) is 0 Å². The van der Waals surface area contributed by atoms with E-state index in [2.05, 4.69) is 4.57 Å². The van der Waals surface area contributed by atoms with E-state index < -0.39 is 0 Å². The van der Waals surface area contributed by atoms with E-state index in [9.17, 15) is 9.59 Å². The Morgan fingerprint density at radius 1 is 1.03 bits per heavy atom. The number of aryl methyl sites for hydroxylation is 1. The maximum absolute atomic E-state index is 13.4. The lowest BCUT2D eigenvalue weighted by Crippen LogP contribution is -2.49. The van der Waals surface area contributed by atoms with Gasteiger partial charge in [-0.3, -0.25) is 9.59 Å². The number of benzene rings is 1. The van der Waals surface area contributed by atoms with E-state index in [4.69, 9.17) is 16.3 Å². The minimum Gasteiger partial charge on any atom is -0.378 e. The van der Waals surface area contributed by atoms with Crippen LogP contribution in [0.1, 0.15) is 34.6 Å². The van der Waals surface area contributed by atoms with Crippen molar-refractivity contribution in [1.82, 2.24) is 14.4 Å². The van der Waals surface area contributed by atoms with Crippen LogP contribution in [0, 0.1) is 19.8 Å². The Labute approximate surface area is 182 Å². The van der Waals surface area contributed by atoms with Crippen molar-refractivity contribution in [1.29, 1.82) is 0 Å². The number of amides is 2. The number of aromatic nitrogens is 1. The smallest absolute Gasteiger partial charge is 0.255 e. The monoisotopic (exact) mass is 429 g/mol. The lowest BCUT2D eigenvalue weighted by atomic mass is 9.95. The second-order valence-electron chi connectivity index (χ2n) is 8.12. The second kappa shape index (κ2) is 8.82. The molecular weight excluding hydrogens is 402 g/mol. The molecule has 2 fully saturated rings. The molecule has 160 valence electrons. The fourth-order valence-electron chi connectivity index (χ4n) is 4.54. The summed E-state index contributed by atoms with van der Waals surface area (Å²) in [7, 11) is 0. The molecule has 2 amide bonds. The van der Waals surface area contributed by atoms with E-state index in [1.54, 1.807) is 0 Å². The zero-order valence-electron chi connectivity index (χ0n) is 17.6. The molecule has 4 rings (SSSR count). The van der Waals surface area contributed by atoms with E-state index in [1.165, 1.54) is 0 Å².